The number of ether oxygens (including phenoxy) is 1. The van der Waals surface area contributed by atoms with Gasteiger partial charge in [-0.2, -0.15) is 0 Å². The van der Waals surface area contributed by atoms with E-state index in [1.807, 2.05) is 0 Å². The minimum Gasteiger partial charge on any atom is -0.383 e. The quantitative estimate of drug-likeness (QED) is 0.763. The van der Waals surface area contributed by atoms with Crippen LogP contribution in [-0.4, -0.2) is 31.7 Å². The van der Waals surface area contributed by atoms with Crippen molar-refractivity contribution in [3.05, 3.63) is 34.3 Å². The lowest BCUT2D eigenvalue weighted by molar-refractivity contribution is 0.136. The number of benzene rings is 1. The first-order valence-corrected chi connectivity index (χ1v) is 6.87. The van der Waals surface area contributed by atoms with E-state index in [0.29, 0.717) is 5.92 Å². The summed E-state index contributed by atoms with van der Waals surface area (Å²) in [4.78, 5) is 2.44. The zero-order valence-electron chi connectivity index (χ0n) is 10.9. The van der Waals surface area contributed by atoms with Crippen LogP contribution in [0.3, 0.4) is 0 Å². The Morgan fingerprint density at radius 1 is 1.29 bits per heavy atom. The molecule has 0 aliphatic carbocycles. The Morgan fingerprint density at radius 3 is 2.59 bits per heavy atom. The first-order valence-electron chi connectivity index (χ1n) is 6.08. The van der Waals surface area contributed by atoms with Crippen molar-refractivity contribution < 1.29 is 4.74 Å². The van der Waals surface area contributed by atoms with Crippen molar-refractivity contribution in [2.75, 3.05) is 26.8 Å². The van der Waals surface area contributed by atoms with E-state index in [0.717, 1.165) is 26.2 Å². The van der Waals surface area contributed by atoms with Gasteiger partial charge in [0.25, 0.3) is 0 Å². The average molecular weight is 300 g/mol. The molecule has 0 fully saturated rings. The highest BCUT2D eigenvalue weighted by molar-refractivity contribution is 9.10. The summed E-state index contributed by atoms with van der Waals surface area (Å²) in [5.41, 5.74) is 1.34. The normalized spacial score (nSPS) is 11.4. The van der Waals surface area contributed by atoms with Gasteiger partial charge in [0, 0.05) is 31.2 Å². The third-order valence-electron chi connectivity index (χ3n) is 2.59. The predicted octanol–water partition coefficient (Wildman–Crippen LogP) is 3.55. The van der Waals surface area contributed by atoms with E-state index < -0.39 is 0 Å². The van der Waals surface area contributed by atoms with Gasteiger partial charge in [-0.25, -0.2) is 0 Å². The summed E-state index contributed by atoms with van der Waals surface area (Å²) >= 11 is 3.60. The summed E-state index contributed by atoms with van der Waals surface area (Å²) in [6.45, 7) is 8.35. The van der Waals surface area contributed by atoms with Crippen LogP contribution in [0.25, 0.3) is 0 Å². The maximum absolute atomic E-state index is 5.17. The van der Waals surface area contributed by atoms with Gasteiger partial charge in [0.15, 0.2) is 0 Å². The maximum atomic E-state index is 5.17. The molecule has 0 spiro atoms. The van der Waals surface area contributed by atoms with Crippen molar-refractivity contribution in [1.29, 1.82) is 0 Å². The van der Waals surface area contributed by atoms with Gasteiger partial charge < -0.3 is 4.74 Å². The molecule has 0 saturated carbocycles. The molecule has 2 nitrogen and oxygen atoms in total. The van der Waals surface area contributed by atoms with Crippen molar-refractivity contribution in [2.45, 2.75) is 20.4 Å². The van der Waals surface area contributed by atoms with E-state index in [9.17, 15) is 0 Å². The molecule has 0 aromatic heterocycles. The fraction of sp³-hybridized carbons (Fsp3) is 0.571. The van der Waals surface area contributed by atoms with E-state index in [-0.39, 0.29) is 0 Å². The van der Waals surface area contributed by atoms with E-state index >= 15 is 0 Å². The molecule has 0 radical (unpaired) electrons. The highest BCUT2D eigenvalue weighted by Crippen LogP contribution is 2.18. The third-order valence-corrected chi connectivity index (χ3v) is 3.36. The summed E-state index contributed by atoms with van der Waals surface area (Å²) < 4.78 is 6.35. The lowest BCUT2D eigenvalue weighted by atomic mass is 10.1. The van der Waals surface area contributed by atoms with E-state index in [2.05, 4.69) is 58.9 Å². The monoisotopic (exact) mass is 299 g/mol. The number of methoxy groups -OCH3 is 1. The second-order valence-corrected chi connectivity index (χ2v) is 5.57. The molecule has 1 rings (SSSR count). The van der Waals surface area contributed by atoms with Crippen LogP contribution >= 0.6 is 15.9 Å². The fourth-order valence-electron chi connectivity index (χ4n) is 1.84. The molecule has 96 valence electrons. The highest BCUT2D eigenvalue weighted by atomic mass is 79.9. The van der Waals surface area contributed by atoms with Crippen LogP contribution in [0, 0.1) is 5.92 Å². The Labute approximate surface area is 113 Å². The largest absolute Gasteiger partial charge is 0.383 e. The Kier molecular flexibility index (Phi) is 6.78. The van der Waals surface area contributed by atoms with Gasteiger partial charge in [0.1, 0.15) is 0 Å². The van der Waals surface area contributed by atoms with Crippen LogP contribution in [0.15, 0.2) is 28.7 Å². The zero-order chi connectivity index (χ0) is 12.7. The molecule has 0 aliphatic heterocycles. The Morgan fingerprint density at radius 2 is 2.00 bits per heavy atom. The maximum Gasteiger partial charge on any atom is 0.0589 e. The molecule has 0 atom stereocenters. The molecule has 1 aromatic rings. The molecule has 0 amide bonds. The molecule has 0 unspecified atom stereocenters. The Balaban J connectivity index is 2.61. The molecule has 17 heavy (non-hydrogen) atoms. The number of hydrogen-bond donors (Lipinski definition) is 0. The van der Waals surface area contributed by atoms with Gasteiger partial charge in [-0.3, -0.25) is 4.90 Å². The summed E-state index contributed by atoms with van der Waals surface area (Å²) in [5, 5.41) is 0. The van der Waals surface area contributed by atoms with Gasteiger partial charge in [0.2, 0.25) is 0 Å². The topological polar surface area (TPSA) is 12.5 Å². The molecular formula is C14H22BrNO. The second-order valence-electron chi connectivity index (χ2n) is 4.71. The van der Waals surface area contributed by atoms with Crippen molar-refractivity contribution in [3.8, 4) is 0 Å². The second kappa shape index (κ2) is 7.85. The van der Waals surface area contributed by atoms with Crippen molar-refractivity contribution >= 4 is 15.9 Å². The molecule has 3 heteroatoms. The van der Waals surface area contributed by atoms with Gasteiger partial charge in [-0.1, -0.05) is 48.0 Å². The highest BCUT2D eigenvalue weighted by Gasteiger charge is 2.09. The minimum absolute atomic E-state index is 0.675. The first-order chi connectivity index (χ1) is 8.13. The van der Waals surface area contributed by atoms with Crippen LogP contribution in [-0.2, 0) is 11.3 Å². The van der Waals surface area contributed by atoms with E-state index in [1.54, 1.807) is 7.11 Å². The van der Waals surface area contributed by atoms with Crippen LogP contribution in [0.4, 0.5) is 0 Å². The fourth-order valence-corrected chi connectivity index (χ4v) is 2.25. The summed E-state index contributed by atoms with van der Waals surface area (Å²) in [5.74, 6) is 0.675. The average Bonchev–Trinajstić information content (AvgIpc) is 2.28. The predicted molar refractivity (Wildman–Crippen MR) is 76.1 cm³/mol. The minimum atomic E-state index is 0.675. The van der Waals surface area contributed by atoms with Crippen molar-refractivity contribution in [3.63, 3.8) is 0 Å². The molecule has 0 aliphatic rings. The Bertz CT molecular complexity index is 328. The first kappa shape index (κ1) is 14.7. The Hall–Kier alpha value is -0.380. The summed E-state index contributed by atoms with van der Waals surface area (Å²) in [6.07, 6.45) is 0. The smallest absolute Gasteiger partial charge is 0.0589 e. The van der Waals surface area contributed by atoms with Gasteiger partial charge in [0.05, 0.1) is 6.61 Å². The van der Waals surface area contributed by atoms with Gasteiger partial charge in [-0.05, 0) is 17.5 Å². The number of nitrogens with zero attached hydrogens (tertiary/aromatic N) is 1. The standard InChI is InChI=1S/C14H22BrNO/c1-12(2)10-16(8-9-17-3)11-13-6-4-5-7-14(13)15/h4-7,12H,8-11H2,1-3H3. The van der Waals surface area contributed by atoms with Crippen molar-refractivity contribution in [1.82, 2.24) is 4.90 Å². The summed E-state index contributed by atoms with van der Waals surface area (Å²) in [6, 6.07) is 8.41. The molecular weight excluding hydrogens is 278 g/mol. The SMILES string of the molecule is COCCN(Cc1ccccc1Br)CC(C)C. The summed E-state index contributed by atoms with van der Waals surface area (Å²) in [7, 11) is 1.76. The van der Waals surface area contributed by atoms with Gasteiger partial charge >= 0.3 is 0 Å². The number of rotatable bonds is 7. The third kappa shape index (κ3) is 5.66. The lowest BCUT2D eigenvalue weighted by Crippen LogP contribution is -2.30. The number of hydrogen-bond acceptors (Lipinski definition) is 2. The van der Waals surface area contributed by atoms with Crippen LogP contribution in [0.1, 0.15) is 19.4 Å². The molecule has 0 bridgehead atoms. The van der Waals surface area contributed by atoms with Crippen LogP contribution in [0.2, 0.25) is 0 Å². The number of halogens is 1. The lowest BCUT2D eigenvalue weighted by Gasteiger charge is -2.24. The van der Waals surface area contributed by atoms with Gasteiger partial charge in [-0.15, -0.1) is 0 Å². The van der Waals surface area contributed by atoms with E-state index in [1.165, 1.54) is 10.0 Å². The zero-order valence-corrected chi connectivity index (χ0v) is 12.5. The van der Waals surface area contributed by atoms with E-state index in [4.69, 9.17) is 4.74 Å². The van der Waals surface area contributed by atoms with Crippen LogP contribution in [0.5, 0.6) is 0 Å². The molecule has 1 aromatic carbocycles. The van der Waals surface area contributed by atoms with Crippen LogP contribution < -0.4 is 0 Å². The molecule has 0 heterocycles. The van der Waals surface area contributed by atoms with Crippen molar-refractivity contribution in [2.24, 2.45) is 5.92 Å². The molecule has 0 N–H and O–H groups in total. The molecule has 0 saturated heterocycles.